The lowest BCUT2D eigenvalue weighted by molar-refractivity contribution is -0.151. The number of carbonyl (C=O) groups is 2. The Kier molecular flexibility index (Phi) is 46.6. The van der Waals surface area contributed by atoms with E-state index in [4.69, 9.17) is 4.74 Å². The van der Waals surface area contributed by atoms with Crippen LogP contribution in [0, 0.1) is 0 Å². The molecule has 0 radical (unpaired) electrons. The first kappa shape index (κ1) is 58.1. The quantitative estimate of drug-likeness (QED) is 0.0245. The summed E-state index contributed by atoms with van der Waals surface area (Å²) in [5.41, 5.74) is 0. The Morgan fingerprint density at radius 3 is 1.37 bits per heavy atom. The summed E-state index contributed by atoms with van der Waals surface area (Å²) >= 11 is 0. The Balaban J connectivity index is 4.51. The van der Waals surface area contributed by atoms with Gasteiger partial charge >= 0.3 is 5.97 Å². The molecule has 0 spiro atoms. The van der Waals surface area contributed by atoms with Gasteiger partial charge in [-0.25, -0.2) is 0 Å². The largest absolute Gasteiger partial charge is 0.462 e. The summed E-state index contributed by atoms with van der Waals surface area (Å²) in [5, 5.41) is 23.8. The summed E-state index contributed by atoms with van der Waals surface area (Å²) in [6, 6.07) is -0.707. The molecule has 352 valence electrons. The Labute approximate surface area is 373 Å². The second kappa shape index (κ2) is 48.1. The van der Waals surface area contributed by atoms with E-state index in [0.717, 1.165) is 83.5 Å². The molecule has 3 atom stereocenters. The molecule has 1 amide bonds. The third-order valence-corrected chi connectivity index (χ3v) is 12.0. The maximum Gasteiger partial charge on any atom is 0.306 e. The van der Waals surface area contributed by atoms with Crippen LogP contribution in [-0.2, 0) is 14.3 Å². The topological polar surface area (TPSA) is 95.9 Å². The molecule has 3 unspecified atom stereocenters. The standard InChI is InChI=1S/C54H101NO5/c1-4-7-10-13-16-19-22-24-25-26-27-29-32-34-37-40-43-46-52(57)51(49-56)55-53(58)48-50(45-42-39-36-33-31-28-23-20-17-14-11-8-5-2)60-54(59)47-44-41-38-35-30-21-18-15-12-9-6-3/h15,17-18,20,23,28,50-52,56-57H,4-14,16,19,21-22,24-27,29-49H2,1-3H3,(H,55,58)/b18-15-,20-17+,28-23+. The van der Waals surface area contributed by atoms with Crippen LogP contribution in [0.5, 0.6) is 0 Å². The third-order valence-electron chi connectivity index (χ3n) is 12.0. The van der Waals surface area contributed by atoms with Crippen molar-refractivity contribution in [3.63, 3.8) is 0 Å². The predicted molar refractivity (Wildman–Crippen MR) is 259 cm³/mol. The van der Waals surface area contributed by atoms with E-state index in [9.17, 15) is 19.8 Å². The Bertz CT molecular complexity index is 993. The molecular weight excluding hydrogens is 743 g/mol. The summed E-state index contributed by atoms with van der Waals surface area (Å²) in [6.07, 6.45) is 56.3. The summed E-state index contributed by atoms with van der Waals surface area (Å²) in [7, 11) is 0. The fourth-order valence-corrected chi connectivity index (χ4v) is 7.93. The summed E-state index contributed by atoms with van der Waals surface area (Å²) in [4.78, 5) is 26.1. The zero-order chi connectivity index (χ0) is 43.8. The highest BCUT2D eigenvalue weighted by Crippen LogP contribution is 2.18. The number of ether oxygens (including phenoxy) is 1. The first-order valence-corrected chi connectivity index (χ1v) is 26.2. The number of allylic oxidation sites excluding steroid dienone is 6. The van der Waals surface area contributed by atoms with Crippen molar-refractivity contribution in [3.8, 4) is 0 Å². The normalized spacial score (nSPS) is 13.5. The van der Waals surface area contributed by atoms with Crippen LogP contribution in [0.4, 0.5) is 0 Å². The van der Waals surface area contributed by atoms with Crippen LogP contribution < -0.4 is 5.32 Å². The van der Waals surface area contributed by atoms with Crippen LogP contribution in [0.2, 0.25) is 0 Å². The molecule has 0 aliphatic heterocycles. The van der Waals surface area contributed by atoms with E-state index >= 15 is 0 Å². The number of hydrogen-bond acceptors (Lipinski definition) is 5. The monoisotopic (exact) mass is 844 g/mol. The number of aliphatic hydroxyl groups is 2. The van der Waals surface area contributed by atoms with Crippen LogP contribution in [-0.4, -0.2) is 46.9 Å². The number of esters is 1. The minimum absolute atomic E-state index is 0.0627. The smallest absolute Gasteiger partial charge is 0.306 e. The van der Waals surface area contributed by atoms with Crippen molar-refractivity contribution in [3.05, 3.63) is 36.5 Å². The van der Waals surface area contributed by atoms with Gasteiger partial charge in [0, 0.05) is 6.42 Å². The van der Waals surface area contributed by atoms with Gasteiger partial charge in [-0.1, -0.05) is 224 Å². The molecule has 0 aromatic heterocycles. The van der Waals surface area contributed by atoms with E-state index in [1.807, 2.05) is 0 Å². The van der Waals surface area contributed by atoms with Gasteiger partial charge in [0.15, 0.2) is 0 Å². The number of rotatable bonds is 47. The molecule has 0 heterocycles. The summed E-state index contributed by atoms with van der Waals surface area (Å²) < 4.78 is 5.91. The van der Waals surface area contributed by atoms with Gasteiger partial charge < -0.3 is 20.3 Å². The van der Waals surface area contributed by atoms with Gasteiger partial charge in [0.2, 0.25) is 5.91 Å². The Morgan fingerprint density at radius 2 is 0.867 bits per heavy atom. The fraction of sp³-hybridized carbons (Fsp3) is 0.852. The molecule has 3 N–H and O–H groups in total. The summed E-state index contributed by atoms with van der Waals surface area (Å²) in [5.74, 6) is -0.498. The van der Waals surface area contributed by atoms with Gasteiger partial charge in [-0.05, 0) is 70.6 Å². The predicted octanol–water partition coefficient (Wildman–Crippen LogP) is 15.7. The van der Waals surface area contributed by atoms with Crippen molar-refractivity contribution in [2.24, 2.45) is 0 Å². The highest BCUT2D eigenvalue weighted by atomic mass is 16.5. The molecular formula is C54H101NO5. The lowest BCUT2D eigenvalue weighted by Crippen LogP contribution is -2.46. The van der Waals surface area contributed by atoms with Crippen molar-refractivity contribution in [2.75, 3.05) is 6.61 Å². The van der Waals surface area contributed by atoms with Gasteiger partial charge in [0.05, 0.1) is 25.2 Å². The SMILES string of the molecule is CCCC/C=C\CCCCCCCC(=O)OC(CCCCCC/C=C/C=C/CCCCC)CC(=O)NC(CO)C(O)CCCCCCCCCCCCCCCCCCC. The van der Waals surface area contributed by atoms with E-state index in [0.29, 0.717) is 19.3 Å². The van der Waals surface area contributed by atoms with Crippen molar-refractivity contribution < 1.29 is 24.5 Å². The number of unbranched alkanes of at least 4 members (excludes halogenated alkanes) is 30. The van der Waals surface area contributed by atoms with Gasteiger partial charge in [0.1, 0.15) is 6.10 Å². The van der Waals surface area contributed by atoms with Crippen LogP contribution in [0.25, 0.3) is 0 Å². The average molecular weight is 844 g/mol. The summed E-state index contributed by atoms with van der Waals surface area (Å²) in [6.45, 7) is 6.42. The molecule has 0 aliphatic rings. The van der Waals surface area contributed by atoms with E-state index in [1.54, 1.807) is 0 Å². The maximum atomic E-state index is 13.2. The van der Waals surface area contributed by atoms with E-state index < -0.39 is 18.2 Å². The maximum absolute atomic E-state index is 13.2. The zero-order valence-electron chi connectivity index (χ0n) is 40.1. The van der Waals surface area contributed by atoms with Crippen molar-refractivity contribution in [2.45, 2.75) is 289 Å². The van der Waals surface area contributed by atoms with Gasteiger partial charge in [0.25, 0.3) is 0 Å². The molecule has 0 aromatic carbocycles. The van der Waals surface area contributed by atoms with Gasteiger partial charge in [-0.2, -0.15) is 0 Å². The molecule has 6 nitrogen and oxygen atoms in total. The first-order chi connectivity index (χ1) is 29.5. The molecule has 0 fully saturated rings. The van der Waals surface area contributed by atoms with E-state index in [1.165, 1.54) is 141 Å². The average Bonchev–Trinajstić information content (AvgIpc) is 3.24. The molecule has 0 saturated carbocycles. The molecule has 0 rings (SSSR count). The number of aliphatic hydroxyl groups excluding tert-OH is 2. The van der Waals surface area contributed by atoms with Crippen LogP contribution >= 0.6 is 0 Å². The van der Waals surface area contributed by atoms with Crippen LogP contribution in [0.1, 0.15) is 271 Å². The lowest BCUT2D eigenvalue weighted by Gasteiger charge is -2.24. The highest BCUT2D eigenvalue weighted by molar-refractivity contribution is 5.77. The minimum atomic E-state index is -0.793. The zero-order valence-corrected chi connectivity index (χ0v) is 40.1. The van der Waals surface area contributed by atoms with Crippen molar-refractivity contribution in [1.29, 1.82) is 0 Å². The Morgan fingerprint density at radius 1 is 0.483 bits per heavy atom. The second-order valence-corrected chi connectivity index (χ2v) is 17.9. The fourth-order valence-electron chi connectivity index (χ4n) is 7.93. The van der Waals surface area contributed by atoms with Crippen molar-refractivity contribution in [1.82, 2.24) is 5.32 Å². The van der Waals surface area contributed by atoms with Crippen LogP contribution in [0.15, 0.2) is 36.5 Å². The molecule has 0 saturated heterocycles. The number of hydrogen-bond donors (Lipinski definition) is 3. The highest BCUT2D eigenvalue weighted by Gasteiger charge is 2.24. The molecule has 0 aliphatic carbocycles. The minimum Gasteiger partial charge on any atom is -0.462 e. The van der Waals surface area contributed by atoms with Crippen molar-refractivity contribution >= 4 is 11.9 Å². The second-order valence-electron chi connectivity index (χ2n) is 17.9. The molecule has 60 heavy (non-hydrogen) atoms. The number of nitrogens with one attached hydrogen (secondary N) is 1. The van der Waals surface area contributed by atoms with Crippen LogP contribution in [0.3, 0.4) is 0 Å². The lowest BCUT2D eigenvalue weighted by atomic mass is 10.0. The molecule has 0 bridgehead atoms. The van der Waals surface area contributed by atoms with E-state index in [-0.39, 0.29) is 24.9 Å². The van der Waals surface area contributed by atoms with Gasteiger partial charge in [-0.15, -0.1) is 0 Å². The third kappa shape index (κ3) is 42.8. The van der Waals surface area contributed by atoms with E-state index in [2.05, 4.69) is 62.5 Å². The molecule has 6 heteroatoms. The van der Waals surface area contributed by atoms with Gasteiger partial charge in [-0.3, -0.25) is 9.59 Å². The number of carbonyl (C=O) groups excluding carboxylic acids is 2. The Hall–Kier alpha value is -1.92. The first-order valence-electron chi connectivity index (χ1n) is 26.2. The molecule has 0 aromatic rings. The number of amides is 1.